The van der Waals surface area contributed by atoms with E-state index in [0.29, 0.717) is 12.2 Å². The molecular formula is C17H20FIN4O. The molecule has 0 bridgehead atoms. The molecule has 0 unspecified atom stereocenters. The molecule has 7 heteroatoms. The van der Waals surface area contributed by atoms with E-state index in [1.807, 2.05) is 30.3 Å². The van der Waals surface area contributed by atoms with Gasteiger partial charge in [-0.2, -0.15) is 0 Å². The van der Waals surface area contributed by atoms with Gasteiger partial charge in [0.15, 0.2) is 5.96 Å². The van der Waals surface area contributed by atoms with Gasteiger partial charge in [0.1, 0.15) is 12.4 Å². The van der Waals surface area contributed by atoms with Crippen LogP contribution in [0.5, 0.6) is 0 Å². The first kappa shape index (κ1) is 19.9. The third kappa shape index (κ3) is 7.40. The van der Waals surface area contributed by atoms with Gasteiger partial charge in [-0.25, -0.2) is 9.38 Å². The predicted molar refractivity (Wildman–Crippen MR) is 105 cm³/mol. The lowest BCUT2D eigenvalue weighted by molar-refractivity contribution is -0.114. The zero-order valence-electron chi connectivity index (χ0n) is 13.0. The third-order valence-electron chi connectivity index (χ3n) is 3.06. The fourth-order valence-electron chi connectivity index (χ4n) is 1.96. The maximum Gasteiger partial charge on any atom is 0.246 e. The van der Waals surface area contributed by atoms with E-state index in [-0.39, 0.29) is 42.4 Å². The number of carbonyl (C=O) groups is 1. The Hall–Kier alpha value is -2.16. The van der Waals surface area contributed by atoms with E-state index in [4.69, 9.17) is 5.73 Å². The first-order valence-electron chi connectivity index (χ1n) is 7.26. The molecule has 128 valence electrons. The molecule has 0 aliphatic heterocycles. The van der Waals surface area contributed by atoms with Crippen LogP contribution in [-0.2, 0) is 11.2 Å². The highest BCUT2D eigenvalue weighted by Gasteiger charge is 2.02. The number of aliphatic imine (C=N–C) groups is 1. The number of carbonyl (C=O) groups excluding carboxylic acids is 1. The minimum absolute atomic E-state index is 0. The average molecular weight is 442 g/mol. The number of nitrogens with zero attached hydrogens (tertiary/aromatic N) is 1. The first-order valence-corrected chi connectivity index (χ1v) is 7.26. The Morgan fingerprint density at radius 3 is 2.58 bits per heavy atom. The van der Waals surface area contributed by atoms with Gasteiger partial charge in [0, 0.05) is 12.2 Å². The minimum Gasteiger partial charge on any atom is -0.370 e. The van der Waals surface area contributed by atoms with Gasteiger partial charge in [-0.15, -0.1) is 24.0 Å². The summed E-state index contributed by atoms with van der Waals surface area (Å²) in [5.41, 5.74) is 7.28. The third-order valence-corrected chi connectivity index (χ3v) is 3.06. The quantitative estimate of drug-likeness (QED) is 0.366. The van der Waals surface area contributed by atoms with Gasteiger partial charge in [-0.3, -0.25) is 4.79 Å². The van der Waals surface area contributed by atoms with Gasteiger partial charge in [0.2, 0.25) is 5.91 Å². The molecule has 0 atom stereocenters. The summed E-state index contributed by atoms with van der Waals surface area (Å²) in [6.07, 6.45) is 0.812. The van der Waals surface area contributed by atoms with E-state index in [1.54, 1.807) is 6.07 Å². The van der Waals surface area contributed by atoms with Crippen molar-refractivity contribution < 1.29 is 9.18 Å². The Bertz CT molecular complexity index is 679. The molecule has 0 aliphatic rings. The molecule has 0 aliphatic carbocycles. The van der Waals surface area contributed by atoms with E-state index < -0.39 is 5.82 Å². The molecule has 0 saturated heterocycles. The molecule has 0 saturated carbocycles. The molecule has 1 amide bonds. The number of anilines is 1. The average Bonchev–Trinajstić information content (AvgIpc) is 2.54. The van der Waals surface area contributed by atoms with Gasteiger partial charge in [0.05, 0.1) is 0 Å². The van der Waals surface area contributed by atoms with Crippen molar-refractivity contribution in [3.05, 3.63) is 66.0 Å². The van der Waals surface area contributed by atoms with Crippen molar-refractivity contribution in [3.8, 4) is 0 Å². The highest BCUT2D eigenvalue weighted by atomic mass is 127. The van der Waals surface area contributed by atoms with E-state index >= 15 is 0 Å². The lowest BCUT2D eigenvalue weighted by Crippen LogP contribution is -2.34. The van der Waals surface area contributed by atoms with Crippen molar-refractivity contribution in [2.45, 2.75) is 6.42 Å². The van der Waals surface area contributed by atoms with Crippen molar-refractivity contribution in [2.75, 3.05) is 18.4 Å². The van der Waals surface area contributed by atoms with Gasteiger partial charge in [-0.1, -0.05) is 36.4 Å². The van der Waals surface area contributed by atoms with Crippen LogP contribution in [0.25, 0.3) is 0 Å². The number of halogens is 2. The van der Waals surface area contributed by atoms with Gasteiger partial charge in [0.25, 0.3) is 0 Å². The Balaban J connectivity index is 0.00000288. The lowest BCUT2D eigenvalue weighted by Gasteiger charge is -2.06. The number of guanidine groups is 1. The molecule has 2 aromatic carbocycles. The molecule has 0 fully saturated rings. The zero-order chi connectivity index (χ0) is 16.5. The fraction of sp³-hybridized carbons (Fsp3) is 0.176. The second-order valence-corrected chi connectivity index (χ2v) is 4.92. The number of hydrogen-bond donors (Lipinski definition) is 3. The molecule has 0 radical (unpaired) electrons. The first-order chi connectivity index (χ1) is 11.1. The monoisotopic (exact) mass is 442 g/mol. The van der Waals surface area contributed by atoms with Crippen LogP contribution in [-0.4, -0.2) is 25.0 Å². The highest BCUT2D eigenvalue weighted by molar-refractivity contribution is 14.0. The molecule has 0 spiro atoms. The Labute approximate surface area is 157 Å². The molecule has 24 heavy (non-hydrogen) atoms. The maximum absolute atomic E-state index is 13.0. The number of nitrogens with one attached hydrogen (secondary N) is 2. The summed E-state index contributed by atoms with van der Waals surface area (Å²) in [5, 5.41) is 5.50. The van der Waals surface area contributed by atoms with Crippen molar-refractivity contribution >= 4 is 41.5 Å². The normalized spacial score (nSPS) is 10.6. The number of benzene rings is 2. The lowest BCUT2D eigenvalue weighted by atomic mass is 10.1. The molecule has 2 rings (SSSR count). The van der Waals surface area contributed by atoms with E-state index in [1.165, 1.54) is 23.8 Å². The summed E-state index contributed by atoms with van der Waals surface area (Å²) in [5.74, 6) is -0.563. The van der Waals surface area contributed by atoms with Crippen LogP contribution in [0.4, 0.5) is 10.1 Å². The van der Waals surface area contributed by atoms with Crippen LogP contribution in [0.3, 0.4) is 0 Å². The van der Waals surface area contributed by atoms with Gasteiger partial charge < -0.3 is 16.4 Å². The van der Waals surface area contributed by atoms with Crippen molar-refractivity contribution in [3.63, 3.8) is 0 Å². The van der Waals surface area contributed by atoms with Gasteiger partial charge in [-0.05, 0) is 30.2 Å². The topological polar surface area (TPSA) is 79.5 Å². The standard InChI is InChI=1S/C17H19FN4O.HI/c18-14-7-4-8-15(11-14)22-16(23)12-21-17(19)20-10-9-13-5-2-1-3-6-13;/h1-8,11H,9-10,12H2,(H,22,23)(H3,19,20,21);1H. The number of hydrogen-bond acceptors (Lipinski definition) is 2. The zero-order valence-corrected chi connectivity index (χ0v) is 15.4. The number of amides is 1. The summed E-state index contributed by atoms with van der Waals surface area (Å²) in [6.45, 7) is 0.506. The second kappa shape index (κ2) is 10.6. The summed E-state index contributed by atoms with van der Waals surface area (Å²) in [7, 11) is 0. The van der Waals surface area contributed by atoms with Crippen molar-refractivity contribution in [2.24, 2.45) is 10.7 Å². The van der Waals surface area contributed by atoms with Gasteiger partial charge >= 0.3 is 0 Å². The van der Waals surface area contributed by atoms with Crippen LogP contribution in [0, 0.1) is 5.82 Å². The highest BCUT2D eigenvalue weighted by Crippen LogP contribution is 2.08. The molecule has 0 aromatic heterocycles. The predicted octanol–water partition coefficient (Wildman–Crippen LogP) is 2.53. The van der Waals surface area contributed by atoms with E-state index in [0.717, 1.165) is 6.42 Å². The molecule has 4 N–H and O–H groups in total. The summed E-state index contributed by atoms with van der Waals surface area (Å²) in [4.78, 5) is 15.7. The largest absolute Gasteiger partial charge is 0.370 e. The Morgan fingerprint density at radius 1 is 1.12 bits per heavy atom. The van der Waals surface area contributed by atoms with Crippen LogP contribution in [0.2, 0.25) is 0 Å². The van der Waals surface area contributed by atoms with Crippen LogP contribution in [0.1, 0.15) is 5.56 Å². The Morgan fingerprint density at radius 2 is 1.88 bits per heavy atom. The van der Waals surface area contributed by atoms with E-state index in [2.05, 4.69) is 15.6 Å². The SMILES string of the molecule is I.NC(=NCC(=O)Nc1cccc(F)c1)NCCc1ccccc1. The van der Waals surface area contributed by atoms with Crippen LogP contribution >= 0.6 is 24.0 Å². The van der Waals surface area contributed by atoms with Crippen LogP contribution in [0.15, 0.2) is 59.6 Å². The smallest absolute Gasteiger partial charge is 0.246 e. The van der Waals surface area contributed by atoms with E-state index in [9.17, 15) is 9.18 Å². The maximum atomic E-state index is 13.0. The van der Waals surface area contributed by atoms with Crippen molar-refractivity contribution in [1.82, 2.24) is 5.32 Å². The molecule has 5 nitrogen and oxygen atoms in total. The summed E-state index contributed by atoms with van der Waals surface area (Å²) >= 11 is 0. The molecule has 2 aromatic rings. The summed E-state index contributed by atoms with van der Waals surface area (Å²) in [6, 6.07) is 15.6. The number of nitrogens with two attached hydrogens (primary N) is 1. The number of rotatable bonds is 6. The minimum atomic E-state index is -0.409. The fourth-order valence-corrected chi connectivity index (χ4v) is 1.96. The van der Waals surface area contributed by atoms with Crippen LogP contribution < -0.4 is 16.4 Å². The Kier molecular flexibility index (Phi) is 8.77. The molecular weight excluding hydrogens is 422 g/mol. The second-order valence-electron chi connectivity index (χ2n) is 4.92. The van der Waals surface area contributed by atoms with Crippen molar-refractivity contribution in [1.29, 1.82) is 0 Å². The summed E-state index contributed by atoms with van der Waals surface area (Å²) < 4.78 is 13.0. The molecule has 0 heterocycles.